The lowest BCUT2D eigenvalue weighted by Gasteiger charge is -2.26. The van der Waals surface area contributed by atoms with Crippen LogP contribution in [0.4, 0.5) is 0 Å². The first-order valence-corrected chi connectivity index (χ1v) is 18.9. The van der Waals surface area contributed by atoms with Crippen LogP contribution in [0.25, 0.3) is 0 Å². The predicted octanol–water partition coefficient (Wildman–Crippen LogP) is 12.5. The van der Waals surface area contributed by atoms with Crippen LogP contribution < -0.4 is 0 Å². The number of aliphatic hydroxyl groups is 1. The lowest BCUT2D eigenvalue weighted by molar-refractivity contribution is -0.0382. The molecule has 49 heavy (non-hydrogen) atoms. The number of rotatable bonds is 9. The van der Waals surface area contributed by atoms with Gasteiger partial charge in [0.15, 0.2) is 0 Å². The third-order valence-electron chi connectivity index (χ3n) is 4.46. The highest BCUT2D eigenvalue weighted by Gasteiger charge is 2.16. The van der Waals surface area contributed by atoms with Crippen molar-refractivity contribution < 1.29 is 28.8 Å². The molecule has 0 rings (SSSR count). The molecule has 0 bridgehead atoms. The van der Waals surface area contributed by atoms with Crippen molar-refractivity contribution in [1.82, 2.24) is 0 Å². The van der Waals surface area contributed by atoms with Gasteiger partial charge in [-0.15, -0.1) is 0 Å². The standard InChI is InChI=1S/C9H20O.2C8H18O.C7H16O.C6H14O.C5H12O/c1-8(2,3)7-10-9(4,5)6;1-7(2)9-6-8(3,4)5;1-5-6-9-7-8(2,3)4;1-5-8-6-7(2,3)4;1-6(2,3)5-7-4;1-5(2,3)4-6/h7H2,1-6H3;7H,6H2,1-5H3;5-7H2,1-4H3;5-6H2,1-4H3;5H2,1-4H3;6H,4H2,1-3H3. The minimum atomic E-state index is 0.00722. The summed E-state index contributed by atoms with van der Waals surface area (Å²) in [6.07, 6.45) is 1.49. The van der Waals surface area contributed by atoms with Gasteiger partial charge in [-0.25, -0.2) is 0 Å². The maximum atomic E-state index is 8.40. The largest absolute Gasteiger partial charge is 0.396 e. The van der Waals surface area contributed by atoms with Gasteiger partial charge >= 0.3 is 0 Å². The monoisotopic (exact) mass is 711 g/mol. The van der Waals surface area contributed by atoms with E-state index in [1.807, 2.05) is 27.7 Å². The topological polar surface area (TPSA) is 66.4 Å². The first-order chi connectivity index (χ1) is 21.4. The van der Waals surface area contributed by atoms with Gasteiger partial charge in [-0.2, -0.15) is 0 Å². The Morgan fingerprint density at radius 3 is 0.918 bits per heavy atom. The summed E-state index contributed by atoms with van der Waals surface area (Å²) in [5, 5.41) is 8.40. The van der Waals surface area contributed by atoms with Crippen molar-refractivity contribution in [2.75, 3.05) is 60.0 Å². The summed E-state index contributed by atoms with van der Waals surface area (Å²) >= 11 is 0. The maximum Gasteiger partial charge on any atom is 0.0598 e. The van der Waals surface area contributed by atoms with Gasteiger partial charge in [-0.3, -0.25) is 0 Å². The molecule has 0 aliphatic rings. The van der Waals surface area contributed by atoms with Crippen LogP contribution in [0.15, 0.2) is 0 Å². The van der Waals surface area contributed by atoms with E-state index in [0.717, 1.165) is 52.7 Å². The summed E-state index contributed by atoms with van der Waals surface area (Å²) in [7, 11) is 1.73. The zero-order valence-electron chi connectivity index (χ0n) is 38.9. The van der Waals surface area contributed by atoms with Crippen LogP contribution in [0.1, 0.15) is 180 Å². The average molecular weight is 711 g/mol. The van der Waals surface area contributed by atoms with E-state index in [2.05, 4.69) is 145 Å². The normalized spacial score (nSPS) is 12.5. The van der Waals surface area contributed by atoms with Crippen molar-refractivity contribution in [2.24, 2.45) is 32.5 Å². The van der Waals surface area contributed by atoms with E-state index in [0.29, 0.717) is 27.8 Å². The summed E-state index contributed by atoms with van der Waals surface area (Å²) in [5.41, 5.74) is 1.69. The van der Waals surface area contributed by atoms with Gasteiger partial charge in [0.1, 0.15) is 0 Å². The molecule has 0 aliphatic heterocycles. The lowest BCUT2D eigenvalue weighted by atomic mass is 9.98. The van der Waals surface area contributed by atoms with Crippen LogP contribution in [0, 0.1) is 32.5 Å². The molecule has 0 heterocycles. The molecular weight excluding hydrogens is 612 g/mol. The molecular formula is C43H98O6. The molecule has 0 amide bonds. The molecule has 306 valence electrons. The van der Waals surface area contributed by atoms with E-state index in [4.69, 9.17) is 28.8 Å². The lowest BCUT2D eigenvalue weighted by Crippen LogP contribution is -2.26. The Balaban J connectivity index is -0.000000114. The van der Waals surface area contributed by atoms with Gasteiger partial charge in [-0.05, 0) is 80.5 Å². The van der Waals surface area contributed by atoms with Gasteiger partial charge in [0.25, 0.3) is 0 Å². The number of hydrogen-bond donors (Lipinski definition) is 1. The fourth-order valence-electron chi connectivity index (χ4n) is 2.21. The summed E-state index contributed by atoms with van der Waals surface area (Å²) in [5.74, 6) is 0. The van der Waals surface area contributed by atoms with Crippen molar-refractivity contribution in [3.8, 4) is 0 Å². The van der Waals surface area contributed by atoms with Crippen LogP contribution >= 0.6 is 0 Å². The molecule has 0 aliphatic carbocycles. The Morgan fingerprint density at radius 1 is 0.469 bits per heavy atom. The minimum Gasteiger partial charge on any atom is -0.396 e. The quantitative estimate of drug-likeness (QED) is 0.240. The van der Waals surface area contributed by atoms with Crippen LogP contribution in [0.2, 0.25) is 0 Å². The zero-order valence-corrected chi connectivity index (χ0v) is 38.9. The molecule has 0 aromatic carbocycles. The first kappa shape index (κ1) is 60.8. The van der Waals surface area contributed by atoms with Crippen molar-refractivity contribution >= 4 is 0 Å². The van der Waals surface area contributed by atoms with Crippen molar-refractivity contribution in [3.05, 3.63) is 0 Å². The zero-order chi connectivity index (χ0) is 41.0. The van der Waals surface area contributed by atoms with Crippen molar-refractivity contribution in [3.63, 3.8) is 0 Å². The van der Waals surface area contributed by atoms with E-state index in [1.54, 1.807) is 7.11 Å². The molecule has 6 nitrogen and oxygen atoms in total. The number of methoxy groups -OCH3 is 1. The van der Waals surface area contributed by atoms with E-state index in [1.165, 1.54) is 0 Å². The van der Waals surface area contributed by atoms with Crippen molar-refractivity contribution in [1.29, 1.82) is 0 Å². The predicted molar refractivity (Wildman–Crippen MR) is 220 cm³/mol. The molecule has 0 saturated heterocycles. The Kier molecular flexibility index (Phi) is 37.5. The molecule has 1 N–H and O–H groups in total. The summed E-state index contributed by atoms with van der Waals surface area (Å²) in [6.45, 7) is 59.3. The highest BCUT2D eigenvalue weighted by atomic mass is 16.5. The van der Waals surface area contributed by atoms with Gasteiger partial charge in [-0.1, -0.05) is 132 Å². The molecule has 0 radical (unpaired) electrons. The Hall–Kier alpha value is -0.240. The van der Waals surface area contributed by atoms with E-state index < -0.39 is 0 Å². The number of aliphatic hydroxyl groups excluding tert-OH is 1. The summed E-state index contributed by atoms with van der Waals surface area (Å²) in [4.78, 5) is 0. The Labute approximate surface area is 311 Å². The Morgan fingerprint density at radius 2 is 0.796 bits per heavy atom. The van der Waals surface area contributed by atoms with Gasteiger partial charge in [0.2, 0.25) is 0 Å². The van der Waals surface area contributed by atoms with E-state index in [9.17, 15) is 0 Å². The molecule has 6 heteroatoms. The third-order valence-corrected chi connectivity index (χ3v) is 4.46. The third kappa shape index (κ3) is 106. The molecule has 0 saturated carbocycles. The second kappa shape index (κ2) is 30.2. The van der Waals surface area contributed by atoms with Crippen LogP contribution in [0.3, 0.4) is 0 Å². The molecule has 0 aromatic rings. The highest BCUT2D eigenvalue weighted by Crippen LogP contribution is 2.18. The molecule has 0 atom stereocenters. The number of hydrogen-bond acceptors (Lipinski definition) is 6. The minimum absolute atomic E-state index is 0.00722. The fraction of sp³-hybridized carbons (Fsp3) is 1.00. The van der Waals surface area contributed by atoms with Crippen LogP contribution in [-0.4, -0.2) is 76.8 Å². The highest BCUT2D eigenvalue weighted by molar-refractivity contribution is 4.65. The Bertz CT molecular complexity index is 638. The second-order valence-corrected chi connectivity index (χ2v) is 21.4. The van der Waals surface area contributed by atoms with Gasteiger partial charge in [0, 0.05) is 26.9 Å². The summed E-state index contributed by atoms with van der Waals surface area (Å²) < 4.78 is 26.5. The van der Waals surface area contributed by atoms with Crippen molar-refractivity contribution in [2.45, 2.75) is 191 Å². The molecule has 0 unspecified atom stereocenters. The average Bonchev–Trinajstić information content (AvgIpc) is 2.84. The van der Waals surface area contributed by atoms with Gasteiger partial charge in [0.05, 0.1) is 44.7 Å². The maximum absolute atomic E-state index is 8.40. The first-order valence-electron chi connectivity index (χ1n) is 18.9. The number of ether oxygens (including phenoxy) is 5. The summed E-state index contributed by atoms with van der Waals surface area (Å²) in [6, 6.07) is 0. The fourth-order valence-corrected chi connectivity index (χ4v) is 2.21. The van der Waals surface area contributed by atoms with E-state index in [-0.39, 0.29) is 23.0 Å². The molecule has 0 spiro atoms. The second-order valence-electron chi connectivity index (χ2n) is 21.4. The van der Waals surface area contributed by atoms with Crippen LogP contribution in [0.5, 0.6) is 0 Å². The SMILES string of the molecule is CC(C)(C)CO.CC(C)(C)COC(C)(C)C.CC(C)OCC(C)(C)C.CCCOCC(C)(C)C.CCOCC(C)(C)C.COCC(C)(C)C. The van der Waals surface area contributed by atoms with E-state index >= 15 is 0 Å². The molecule has 0 aromatic heterocycles. The van der Waals surface area contributed by atoms with Gasteiger partial charge < -0.3 is 28.8 Å². The smallest absolute Gasteiger partial charge is 0.0598 e. The van der Waals surface area contributed by atoms with Crippen LogP contribution in [-0.2, 0) is 23.7 Å². The molecule has 0 fully saturated rings.